The first-order valence-corrected chi connectivity index (χ1v) is 10.8. The molecule has 3 aromatic carbocycles. The zero-order valence-electron chi connectivity index (χ0n) is 12.8. The van der Waals surface area contributed by atoms with Crippen LogP contribution in [0, 0.1) is 13.8 Å². The third-order valence-corrected chi connectivity index (χ3v) is 9.89. The second kappa shape index (κ2) is 6.31. The van der Waals surface area contributed by atoms with Crippen molar-refractivity contribution < 1.29 is 0 Å². The van der Waals surface area contributed by atoms with Gasteiger partial charge in [-0.2, -0.15) is 0 Å². The van der Waals surface area contributed by atoms with E-state index >= 15 is 0 Å². The Hall–Kier alpha value is -1.51. The molecule has 0 radical (unpaired) electrons. The van der Waals surface area contributed by atoms with E-state index in [2.05, 4.69) is 108 Å². The highest BCUT2D eigenvalue weighted by atomic mass is 79.9. The van der Waals surface area contributed by atoms with E-state index < -0.39 is 8.46 Å². The van der Waals surface area contributed by atoms with Gasteiger partial charge in [-0.25, -0.2) is 0 Å². The number of benzene rings is 3. The van der Waals surface area contributed by atoms with Crippen molar-refractivity contribution in [2.45, 2.75) is 28.5 Å². The smallest absolute Gasteiger partial charge is 0.00785 e. The summed E-state index contributed by atoms with van der Waals surface area (Å²) in [5, 5.41) is 0. The fourth-order valence-corrected chi connectivity index (χ4v) is 6.78. The molecule has 0 aliphatic carbocycles. The van der Waals surface area contributed by atoms with Crippen LogP contribution in [0.4, 0.5) is 0 Å². The quantitative estimate of drug-likeness (QED) is 0.470. The standard InChI is InChI=1S/C20H19BrS/c1-16-8-12-19(13-9-16)22(21,18-6-4-3-5-7-18)20-14-10-17(2)11-15-20/h3-15H,1-2H3. The van der Waals surface area contributed by atoms with E-state index in [-0.39, 0.29) is 0 Å². The first-order valence-electron chi connectivity index (χ1n) is 7.32. The molecular formula is C20H19BrS. The van der Waals surface area contributed by atoms with Crippen LogP contribution in [0.2, 0.25) is 0 Å². The first-order chi connectivity index (χ1) is 10.6. The van der Waals surface area contributed by atoms with E-state index in [1.165, 1.54) is 25.8 Å². The van der Waals surface area contributed by atoms with Crippen molar-refractivity contribution in [3.63, 3.8) is 0 Å². The van der Waals surface area contributed by atoms with Crippen LogP contribution in [-0.4, -0.2) is 0 Å². The summed E-state index contributed by atoms with van der Waals surface area (Å²) in [6.07, 6.45) is 0. The number of aryl methyl sites for hydroxylation is 2. The third kappa shape index (κ3) is 2.86. The molecule has 0 spiro atoms. The van der Waals surface area contributed by atoms with Crippen molar-refractivity contribution in [1.29, 1.82) is 0 Å². The average Bonchev–Trinajstić information content (AvgIpc) is 2.56. The van der Waals surface area contributed by atoms with Gasteiger partial charge in [-0.3, -0.25) is 0 Å². The molecule has 0 heterocycles. The molecular weight excluding hydrogens is 352 g/mol. The summed E-state index contributed by atoms with van der Waals surface area (Å²) >= 11 is 4.14. The second-order valence-electron chi connectivity index (χ2n) is 5.48. The van der Waals surface area contributed by atoms with E-state index in [9.17, 15) is 0 Å². The maximum atomic E-state index is 4.14. The van der Waals surface area contributed by atoms with Gasteiger partial charge in [0.2, 0.25) is 0 Å². The Kier molecular flexibility index (Phi) is 4.42. The Morgan fingerprint density at radius 3 is 1.32 bits per heavy atom. The molecule has 0 aliphatic heterocycles. The molecule has 0 atom stereocenters. The lowest BCUT2D eigenvalue weighted by atomic mass is 10.2. The summed E-state index contributed by atoms with van der Waals surface area (Å²) in [7, 11) is -1.40. The number of hydrogen-bond donors (Lipinski definition) is 0. The van der Waals surface area contributed by atoms with Crippen LogP contribution in [0.3, 0.4) is 0 Å². The number of halogens is 1. The fraction of sp³-hybridized carbons (Fsp3) is 0.100. The summed E-state index contributed by atoms with van der Waals surface area (Å²) in [5.41, 5.74) is 2.57. The molecule has 0 saturated carbocycles. The second-order valence-corrected chi connectivity index (χ2v) is 10.9. The Morgan fingerprint density at radius 2 is 0.909 bits per heavy atom. The molecule has 0 amide bonds. The predicted octanol–water partition coefficient (Wildman–Crippen LogP) is 6.90. The lowest BCUT2D eigenvalue weighted by molar-refractivity contribution is 1.29. The molecule has 112 valence electrons. The van der Waals surface area contributed by atoms with Crippen LogP contribution in [0.5, 0.6) is 0 Å². The van der Waals surface area contributed by atoms with Crippen molar-refractivity contribution in [1.82, 2.24) is 0 Å². The van der Waals surface area contributed by atoms with Gasteiger partial charge < -0.3 is 0 Å². The lowest BCUT2D eigenvalue weighted by Crippen LogP contribution is -1.96. The van der Waals surface area contributed by atoms with Gasteiger partial charge in [0, 0.05) is 14.7 Å². The Labute approximate surface area is 141 Å². The summed E-state index contributed by atoms with van der Waals surface area (Å²) in [4.78, 5) is 3.98. The monoisotopic (exact) mass is 370 g/mol. The van der Waals surface area contributed by atoms with Gasteiger partial charge in [0.15, 0.2) is 0 Å². The molecule has 0 aromatic heterocycles. The molecule has 0 saturated heterocycles. The van der Waals surface area contributed by atoms with E-state index in [4.69, 9.17) is 0 Å². The molecule has 0 bridgehead atoms. The van der Waals surface area contributed by atoms with E-state index in [0.717, 1.165) is 0 Å². The zero-order chi connectivity index (χ0) is 15.6. The van der Waals surface area contributed by atoms with Gasteiger partial charge in [0.25, 0.3) is 0 Å². The molecule has 22 heavy (non-hydrogen) atoms. The van der Waals surface area contributed by atoms with Crippen LogP contribution in [0.15, 0.2) is 93.5 Å². The number of rotatable bonds is 3. The van der Waals surface area contributed by atoms with Gasteiger partial charge in [0.05, 0.1) is 0 Å². The normalized spacial score (nSPS) is 12.1. The molecule has 0 fully saturated rings. The minimum absolute atomic E-state index is 1.29. The summed E-state index contributed by atoms with van der Waals surface area (Å²) in [6.45, 7) is 4.26. The minimum atomic E-state index is -1.40. The van der Waals surface area contributed by atoms with Gasteiger partial charge in [-0.15, -0.1) is 8.46 Å². The molecule has 0 N–H and O–H groups in total. The average molecular weight is 371 g/mol. The summed E-state index contributed by atoms with van der Waals surface area (Å²) < 4.78 is 0. The molecule has 0 unspecified atom stereocenters. The molecule has 3 rings (SSSR count). The maximum absolute atomic E-state index is 4.14. The predicted molar refractivity (Wildman–Crippen MR) is 100 cm³/mol. The molecule has 0 aliphatic rings. The van der Waals surface area contributed by atoms with E-state index in [0.29, 0.717) is 0 Å². The van der Waals surface area contributed by atoms with Crippen molar-refractivity contribution in [3.8, 4) is 0 Å². The van der Waals surface area contributed by atoms with Crippen LogP contribution >= 0.6 is 23.3 Å². The van der Waals surface area contributed by atoms with Crippen molar-refractivity contribution in [2.75, 3.05) is 0 Å². The Balaban J connectivity index is 2.22. The lowest BCUT2D eigenvalue weighted by Gasteiger charge is -2.35. The Bertz CT molecular complexity index is 700. The van der Waals surface area contributed by atoms with Crippen LogP contribution < -0.4 is 0 Å². The van der Waals surface area contributed by atoms with E-state index in [1.54, 1.807) is 0 Å². The van der Waals surface area contributed by atoms with Crippen molar-refractivity contribution >= 4 is 23.3 Å². The van der Waals surface area contributed by atoms with Gasteiger partial charge in [0.1, 0.15) is 0 Å². The van der Waals surface area contributed by atoms with Gasteiger partial charge >= 0.3 is 0 Å². The summed E-state index contributed by atoms with van der Waals surface area (Å²) in [5.74, 6) is 0. The first kappa shape index (κ1) is 15.4. The van der Waals surface area contributed by atoms with Crippen molar-refractivity contribution in [2.24, 2.45) is 0 Å². The number of hydrogen-bond acceptors (Lipinski definition) is 0. The SMILES string of the molecule is Cc1ccc(S(Br)(c2ccccc2)c2ccc(C)cc2)cc1. The van der Waals surface area contributed by atoms with Crippen LogP contribution in [0.1, 0.15) is 11.1 Å². The van der Waals surface area contributed by atoms with Gasteiger partial charge in [-0.05, 0) is 65.1 Å². The molecule has 3 aromatic rings. The Morgan fingerprint density at radius 1 is 0.545 bits per heavy atom. The summed E-state index contributed by atoms with van der Waals surface area (Å²) in [6, 6.07) is 28.4. The highest BCUT2D eigenvalue weighted by Crippen LogP contribution is 2.73. The zero-order valence-corrected chi connectivity index (χ0v) is 15.2. The fourth-order valence-electron chi connectivity index (χ4n) is 2.47. The van der Waals surface area contributed by atoms with Crippen LogP contribution in [-0.2, 0) is 0 Å². The molecule has 0 nitrogen and oxygen atoms in total. The van der Waals surface area contributed by atoms with E-state index in [1.807, 2.05) is 0 Å². The molecule has 2 heteroatoms. The third-order valence-electron chi connectivity index (χ3n) is 3.76. The highest BCUT2D eigenvalue weighted by Gasteiger charge is 2.27. The maximum Gasteiger partial charge on any atom is 0.00785 e. The van der Waals surface area contributed by atoms with Gasteiger partial charge in [-0.1, -0.05) is 53.6 Å². The topological polar surface area (TPSA) is 0 Å². The van der Waals surface area contributed by atoms with Crippen LogP contribution in [0.25, 0.3) is 0 Å². The largest absolute Gasteiger partial charge is 0.101 e. The van der Waals surface area contributed by atoms with Crippen molar-refractivity contribution in [3.05, 3.63) is 90.0 Å². The highest BCUT2D eigenvalue weighted by molar-refractivity contribution is 9.58. The minimum Gasteiger partial charge on any atom is -0.101 e.